The third-order valence-electron chi connectivity index (χ3n) is 2.83. The van der Waals surface area contributed by atoms with Gasteiger partial charge in [0.15, 0.2) is 0 Å². The highest BCUT2D eigenvalue weighted by molar-refractivity contribution is 5.38. The van der Waals surface area contributed by atoms with E-state index < -0.39 is 0 Å². The number of rotatable bonds is 7. The minimum atomic E-state index is 0.567. The number of nitrogens with one attached hydrogen (secondary N) is 1. The van der Waals surface area contributed by atoms with E-state index in [0.29, 0.717) is 25.6 Å². The van der Waals surface area contributed by atoms with Crippen molar-refractivity contribution in [2.75, 3.05) is 11.9 Å². The first-order valence-electron chi connectivity index (χ1n) is 6.78. The third kappa shape index (κ3) is 4.20. The van der Waals surface area contributed by atoms with Crippen molar-refractivity contribution < 1.29 is 4.74 Å². The Labute approximate surface area is 119 Å². The van der Waals surface area contributed by atoms with Crippen molar-refractivity contribution in [1.82, 2.24) is 9.97 Å². The fourth-order valence-corrected chi connectivity index (χ4v) is 1.71. The molecule has 3 N–H and O–H groups in total. The number of nitrogens with zero attached hydrogens (tertiary/aromatic N) is 2. The van der Waals surface area contributed by atoms with Crippen molar-refractivity contribution in [2.24, 2.45) is 5.73 Å². The SMILES string of the molecule is CCCOc1cc(NCc2ccc(CN)cc2)ncn1. The number of nitrogens with two attached hydrogens (primary N) is 1. The van der Waals surface area contributed by atoms with E-state index in [0.717, 1.165) is 17.8 Å². The van der Waals surface area contributed by atoms with Crippen LogP contribution in [0.3, 0.4) is 0 Å². The van der Waals surface area contributed by atoms with Crippen LogP contribution in [0.25, 0.3) is 0 Å². The van der Waals surface area contributed by atoms with Gasteiger partial charge in [-0.25, -0.2) is 9.97 Å². The zero-order valence-corrected chi connectivity index (χ0v) is 11.7. The summed E-state index contributed by atoms with van der Waals surface area (Å²) in [7, 11) is 0. The van der Waals surface area contributed by atoms with E-state index in [2.05, 4.69) is 34.3 Å². The largest absolute Gasteiger partial charge is 0.478 e. The van der Waals surface area contributed by atoms with Gasteiger partial charge in [0.25, 0.3) is 0 Å². The molecule has 0 aliphatic heterocycles. The van der Waals surface area contributed by atoms with E-state index in [1.54, 1.807) is 0 Å². The molecular formula is C15H20N4O. The molecule has 2 rings (SSSR count). The van der Waals surface area contributed by atoms with Gasteiger partial charge < -0.3 is 15.8 Å². The summed E-state index contributed by atoms with van der Waals surface area (Å²) >= 11 is 0. The molecule has 0 spiro atoms. The minimum Gasteiger partial charge on any atom is -0.478 e. The molecule has 0 saturated heterocycles. The Morgan fingerprint density at radius 2 is 1.90 bits per heavy atom. The summed E-state index contributed by atoms with van der Waals surface area (Å²) in [6.45, 7) is 4.00. The zero-order chi connectivity index (χ0) is 14.2. The molecule has 20 heavy (non-hydrogen) atoms. The number of anilines is 1. The van der Waals surface area contributed by atoms with Gasteiger partial charge in [0.1, 0.15) is 12.1 Å². The maximum atomic E-state index is 5.58. The van der Waals surface area contributed by atoms with E-state index in [9.17, 15) is 0 Å². The minimum absolute atomic E-state index is 0.567. The predicted molar refractivity (Wildman–Crippen MR) is 79.5 cm³/mol. The summed E-state index contributed by atoms with van der Waals surface area (Å²) in [6.07, 6.45) is 2.46. The van der Waals surface area contributed by atoms with Crippen LogP contribution < -0.4 is 15.8 Å². The molecule has 0 aliphatic rings. The first kappa shape index (κ1) is 14.3. The molecule has 0 saturated carbocycles. The lowest BCUT2D eigenvalue weighted by atomic mass is 10.1. The van der Waals surface area contributed by atoms with Gasteiger partial charge in [0, 0.05) is 19.2 Å². The van der Waals surface area contributed by atoms with Gasteiger partial charge in [-0.3, -0.25) is 0 Å². The molecule has 106 valence electrons. The number of ether oxygens (including phenoxy) is 1. The summed E-state index contributed by atoms with van der Waals surface area (Å²) < 4.78 is 5.47. The van der Waals surface area contributed by atoms with Crippen LogP contribution in [0.1, 0.15) is 24.5 Å². The van der Waals surface area contributed by atoms with Gasteiger partial charge in [-0.15, -0.1) is 0 Å². The van der Waals surface area contributed by atoms with E-state index in [1.165, 1.54) is 11.9 Å². The average Bonchev–Trinajstić information content (AvgIpc) is 2.52. The lowest BCUT2D eigenvalue weighted by Gasteiger charge is -2.08. The molecule has 1 heterocycles. The van der Waals surface area contributed by atoms with Crippen molar-refractivity contribution in [2.45, 2.75) is 26.4 Å². The summed E-state index contributed by atoms with van der Waals surface area (Å²) in [4.78, 5) is 8.24. The van der Waals surface area contributed by atoms with E-state index in [1.807, 2.05) is 18.2 Å². The normalized spacial score (nSPS) is 10.3. The second kappa shape index (κ2) is 7.45. The monoisotopic (exact) mass is 272 g/mol. The quantitative estimate of drug-likeness (QED) is 0.809. The number of hydrogen-bond acceptors (Lipinski definition) is 5. The summed E-state index contributed by atoms with van der Waals surface area (Å²) in [5, 5.41) is 3.25. The highest BCUT2D eigenvalue weighted by Crippen LogP contribution is 2.12. The van der Waals surface area contributed by atoms with Gasteiger partial charge in [0.05, 0.1) is 6.61 Å². The van der Waals surface area contributed by atoms with Crippen molar-refractivity contribution in [3.63, 3.8) is 0 Å². The van der Waals surface area contributed by atoms with Gasteiger partial charge in [-0.2, -0.15) is 0 Å². The van der Waals surface area contributed by atoms with Crippen LogP contribution in [0.2, 0.25) is 0 Å². The number of hydrogen-bond donors (Lipinski definition) is 2. The van der Waals surface area contributed by atoms with Gasteiger partial charge >= 0.3 is 0 Å². The molecule has 1 aromatic carbocycles. The summed E-state index contributed by atoms with van der Waals surface area (Å²) in [6, 6.07) is 10.00. The lowest BCUT2D eigenvalue weighted by molar-refractivity contribution is 0.305. The van der Waals surface area contributed by atoms with Crippen LogP contribution in [0.4, 0.5) is 5.82 Å². The van der Waals surface area contributed by atoms with E-state index in [4.69, 9.17) is 10.5 Å². The van der Waals surface area contributed by atoms with Crippen LogP contribution in [-0.4, -0.2) is 16.6 Å². The maximum Gasteiger partial charge on any atom is 0.218 e. The Balaban J connectivity index is 1.92. The average molecular weight is 272 g/mol. The van der Waals surface area contributed by atoms with Gasteiger partial charge in [0.2, 0.25) is 5.88 Å². The molecule has 5 heteroatoms. The summed E-state index contributed by atoms with van der Waals surface area (Å²) in [5.74, 6) is 1.36. The van der Waals surface area contributed by atoms with Gasteiger partial charge in [-0.05, 0) is 17.5 Å². The second-order valence-corrected chi connectivity index (χ2v) is 4.46. The fourth-order valence-electron chi connectivity index (χ4n) is 1.71. The van der Waals surface area contributed by atoms with Crippen LogP contribution in [0.5, 0.6) is 5.88 Å². The van der Waals surface area contributed by atoms with Gasteiger partial charge in [-0.1, -0.05) is 31.2 Å². The smallest absolute Gasteiger partial charge is 0.218 e. The predicted octanol–water partition coefficient (Wildman–Crippen LogP) is 2.34. The lowest BCUT2D eigenvalue weighted by Crippen LogP contribution is -2.04. The fraction of sp³-hybridized carbons (Fsp3) is 0.333. The van der Waals surface area contributed by atoms with Crippen molar-refractivity contribution in [3.05, 3.63) is 47.8 Å². The molecule has 0 atom stereocenters. The van der Waals surface area contributed by atoms with Crippen LogP contribution in [-0.2, 0) is 13.1 Å². The standard InChI is InChI=1S/C15H20N4O/c1-2-7-20-15-8-14(18-11-19-15)17-10-13-5-3-12(9-16)4-6-13/h3-6,8,11H,2,7,9-10,16H2,1H3,(H,17,18,19). The first-order valence-corrected chi connectivity index (χ1v) is 6.78. The van der Waals surface area contributed by atoms with Crippen LogP contribution in [0, 0.1) is 0 Å². The topological polar surface area (TPSA) is 73.1 Å². The Kier molecular flexibility index (Phi) is 5.32. The highest BCUT2D eigenvalue weighted by atomic mass is 16.5. The molecule has 5 nitrogen and oxygen atoms in total. The molecule has 0 bridgehead atoms. The molecule has 0 aliphatic carbocycles. The second-order valence-electron chi connectivity index (χ2n) is 4.46. The Bertz CT molecular complexity index is 528. The Morgan fingerprint density at radius 3 is 2.60 bits per heavy atom. The van der Waals surface area contributed by atoms with Crippen molar-refractivity contribution in [3.8, 4) is 5.88 Å². The van der Waals surface area contributed by atoms with E-state index in [-0.39, 0.29) is 0 Å². The first-order chi connectivity index (χ1) is 9.81. The highest BCUT2D eigenvalue weighted by Gasteiger charge is 2.00. The third-order valence-corrected chi connectivity index (χ3v) is 2.83. The Morgan fingerprint density at radius 1 is 1.15 bits per heavy atom. The number of aromatic nitrogens is 2. The van der Waals surface area contributed by atoms with Crippen LogP contribution >= 0.6 is 0 Å². The molecule has 0 unspecified atom stereocenters. The molecule has 1 aromatic heterocycles. The molecule has 0 amide bonds. The molecular weight excluding hydrogens is 252 g/mol. The molecule has 2 aromatic rings. The molecule has 0 fully saturated rings. The maximum absolute atomic E-state index is 5.58. The van der Waals surface area contributed by atoms with E-state index >= 15 is 0 Å². The Hall–Kier alpha value is -2.14. The van der Waals surface area contributed by atoms with Crippen molar-refractivity contribution >= 4 is 5.82 Å². The molecule has 0 radical (unpaired) electrons. The number of benzene rings is 1. The van der Waals surface area contributed by atoms with Crippen molar-refractivity contribution in [1.29, 1.82) is 0 Å². The zero-order valence-electron chi connectivity index (χ0n) is 11.7. The summed E-state index contributed by atoms with van der Waals surface area (Å²) in [5.41, 5.74) is 7.88. The van der Waals surface area contributed by atoms with Crippen LogP contribution in [0.15, 0.2) is 36.7 Å².